The van der Waals surface area contributed by atoms with Gasteiger partial charge in [0.2, 0.25) is 0 Å². The SMILES string of the molecule is Cc1occc1CN(C)C(=O)NCCC(C)C(=O)O. The molecule has 2 N–H and O–H groups in total. The molecule has 1 aromatic heterocycles. The topological polar surface area (TPSA) is 82.8 Å². The molecule has 0 fully saturated rings. The number of urea groups is 1. The van der Waals surface area contributed by atoms with Crippen LogP contribution in [0.25, 0.3) is 0 Å². The van der Waals surface area contributed by atoms with E-state index in [1.54, 1.807) is 20.2 Å². The summed E-state index contributed by atoms with van der Waals surface area (Å²) in [7, 11) is 1.68. The molecule has 0 saturated carbocycles. The van der Waals surface area contributed by atoms with Crippen LogP contribution in [0, 0.1) is 12.8 Å². The molecule has 0 spiro atoms. The van der Waals surface area contributed by atoms with Gasteiger partial charge >= 0.3 is 12.0 Å². The van der Waals surface area contributed by atoms with Gasteiger partial charge in [0.25, 0.3) is 0 Å². The van der Waals surface area contributed by atoms with E-state index in [2.05, 4.69) is 5.32 Å². The number of carboxylic acids is 1. The number of hydrogen-bond donors (Lipinski definition) is 2. The second-order valence-electron chi connectivity index (χ2n) is 4.62. The Bertz CT molecular complexity index is 442. The maximum absolute atomic E-state index is 11.8. The van der Waals surface area contributed by atoms with Crippen LogP contribution in [-0.2, 0) is 11.3 Å². The molecule has 0 aliphatic carbocycles. The first-order valence-electron chi connectivity index (χ1n) is 6.16. The third-order valence-electron chi connectivity index (χ3n) is 3.00. The molecule has 6 nitrogen and oxygen atoms in total. The van der Waals surface area contributed by atoms with E-state index >= 15 is 0 Å². The number of carboxylic acid groups (broad SMARTS) is 1. The van der Waals surface area contributed by atoms with Crippen molar-refractivity contribution in [3.8, 4) is 0 Å². The number of carbonyl (C=O) groups excluding carboxylic acids is 1. The molecule has 1 heterocycles. The third-order valence-corrected chi connectivity index (χ3v) is 3.00. The fourth-order valence-corrected chi connectivity index (χ4v) is 1.56. The van der Waals surface area contributed by atoms with Gasteiger partial charge in [-0.2, -0.15) is 0 Å². The summed E-state index contributed by atoms with van der Waals surface area (Å²) in [6.07, 6.45) is 2.00. The van der Waals surface area contributed by atoms with Crippen molar-refractivity contribution in [3.63, 3.8) is 0 Å². The van der Waals surface area contributed by atoms with Crippen molar-refractivity contribution in [3.05, 3.63) is 23.7 Å². The Morgan fingerprint density at radius 3 is 2.74 bits per heavy atom. The number of hydrogen-bond acceptors (Lipinski definition) is 3. The van der Waals surface area contributed by atoms with Crippen molar-refractivity contribution in [2.45, 2.75) is 26.8 Å². The van der Waals surface area contributed by atoms with Gasteiger partial charge in [0.15, 0.2) is 0 Å². The Morgan fingerprint density at radius 2 is 2.21 bits per heavy atom. The zero-order valence-electron chi connectivity index (χ0n) is 11.5. The van der Waals surface area contributed by atoms with E-state index in [1.807, 2.05) is 13.0 Å². The Morgan fingerprint density at radius 1 is 1.53 bits per heavy atom. The molecular weight excluding hydrogens is 248 g/mol. The highest BCUT2D eigenvalue weighted by atomic mass is 16.4. The number of aryl methyl sites for hydroxylation is 1. The van der Waals surface area contributed by atoms with Crippen LogP contribution in [0.15, 0.2) is 16.7 Å². The van der Waals surface area contributed by atoms with E-state index < -0.39 is 11.9 Å². The molecule has 1 aromatic rings. The number of nitrogens with zero attached hydrogens (tertiary/aromatic N) is 1. The highest BCUT2D eigenvalue weighted by molar-refractivity contribution is 5.74. The summed E-state index contributed by atoms with van der Waals surface area (Å²) >= 11 is 0. The lowest BCUT2D eigenvalue weighted by molar-refractivity contribution is -0.141. The van der Waals surface area contributed by atoms with Gasteiger partial charge in [-0.3, -0.25) is 4.79 Å². The molecule has 19 heavy (non-hydrogen) atoms. The van der Waals surface area contributed by atoms with Crippen LogP contribution < -0.4 is 5.32 Å². The second-order valence-corrected chi connectivity index (χ2v) is 4.62. The molecule has 106 valence electrons. The lowest BCUT2D eigenvalue weighted by atomic mass is 10.1. The largest absolute Gasteiger partial charge is 0.481 e. The van der Waals surface area contributed by atoms with Gasteiger partial charge in [0.1, 0.15) is 5.76 Å². The lowest BCUT2D eigenvalue weighted by Gasteiger charge is -2.18. The molecule has 1 unspecified atom stereocenters. The molecule has 0 aliphatic rings. The summed E-state index contributed by atoms with van der Waals surface area (Å²) in [5, 5.41) is 11.4. The number of nitrogens with one attached hydrogen (secondary N) is 1. The van der Waals surface area contributed by atoms with Crippen molar-refractivity contribution in [1.82, 2.24) is 10.2 Å². The number of aliphatic carboxylic acids is 1. The summed E-state index contributed by atoms with van der Waals surface area (Å²) in [5.74, 6) is -0.516. The normalized spacial score (nSPS) is 11.9. The molecule has 0 aliphatic heterocycles. The fourth-order valence-electron chi connectivity index (χ4n) is 1.56. The molecule has 6 heteroatoms. The van der Waals surface area contributed by atoms with Crippen LogP contribution in [0.3, 0.4) is 0 Å². The van der Waals surface area contributed by atoms with Crippen LogP contribution in [0.4, 0.5) is 4.79 Å². The van der Waals surface area contributed by atoms with Gasteiger partial charge in [-0.25, -0.2) is 4.79 Å². The lowest BCUT2D eigenvalue weighted by Crippen LogP contribution is -2.38. The zero-order valence-corrected chi connectivity index (χ0v) is 11.5. The van der Waals surface area contributed by atoms with Crippen molar-refractivity contribution in [1.29, 1.82) is 0 Å². The predicted molar refractivity (Wildman–Crippen MR) is 69.7 cm³/mol. The molecule has 1 atom stereocenters. The van der Waals surface area contributed by atoms with Crippen LogP contribution in [0.1, 0.15) is 24.7 Å². The summed E-state index contributed by atoms with van der Waals surface area (Å²) in [6, 6.07) is 1.60. The minimum atomic E-state index is -0.850. The minimum Gasteiger partial charge on any atom is -0.481 e. The first kappa shape index (κ1) is 15.1. The van der Waals surface area contributed by atoms with E-state index in [0.29, 0.717) is 19.5 Å². The average molecular weight is 268 g/mol. The molecule has 0 saturated heterocycles. The third kappa shape index (κ3) is 4.65. The van der Waals surface area contributed by atoms with Crippen molar-refractivity contribution >= 4 is 12.0 Å². The van der Waals surface area contributed by atoms with Gasteiger partial charge in [0, 0.05) is 19.2 Å². The molecule has 0 aromatic carbocycles. The number of amides is 2. The van der Waals surface area contributed by atoms with Crippen molar-refractivity contribution < 1.29 is 19.1 Å². The highest BCUT2D eigenvalue weighted by Crippen LogP contribution is 2.10. The molecule has 0 bridgehead atoms. The van der Waals surface area contributed by atoms with Crippen LogP contribution in [-0.4, -0.2) is 35.6 Å². The predicted octanol–water partition coefficient (Wildman–Crippen LogP) is 1.84. The maximum atomic E-state index is 11.8. The highest BCUT2D eigenvalue weighted by Gasteiger charge is 2.13. The van der Waals surface area contributed by atoms with Gasteiger partial charge in [0.05, 0.1) is 18.7 Å². The summed E-state index contributed by atoms with van der Waals surface area (Å²) in [6.45, 7) is 4.27. The first-order valence-corrected chi connectivity index (χ1v) is 6.16. The summed E-state index contributed by atoms with van der Waals surface area (Å²) in [4.78, 5) is 23.9. The molecule has 0 radical (unpaired) electrons. The molecule has 2 amide bonds. The van der Waals surface area contributed by atoms with Crippen molar-refractivity contribution in [2.75, 3.05) is 13.6 Å². The average Bonchev–Trinajstić information content (AvgIpc) is 2.74. The minimum absolute atomic E-state index is 0.224. The Kier molecular flexibility index (Phi) is 5.41. The van der Waals surface area contributed by atoms with Gasteiger partial charge < -0.3 is 19.7 Å². The quantitative estimate of drug-likeness (QED) is 0.824. The number of rotatable bonds is 6. The zero-order chi connectivity index (χ0) is 14.4. The monoisotopic (exact) mass is 268 g/mol. The van der Waals surface area contributed by atoms with E-state index in [9.17, 15) is 9.59 Å². The van der Waals surface area contributed by atoms with Crippen molar-refractivity contribution in [2.24, 2.45) is 5.92 Å². The standard InChI is InChI=1S/C13H20N2O4/c1-9(12(16)17)4-6-14-13(18)15(3)8-11-5-7-19-10(11)2/h5,7,9H,4,6,8H2,1-3H3,(H,14,18)(H,16,17). The second kappa shape index (κ2) is 6.82. The van der Waals surface area contributed by atoms with Crippen LogP contribution in [0.2, 0.25) is 0 Å². The smallest absolute Gasteiger partial charge is 0.317 e. The van der Waals surface area contributed by atoms with Crippen LogP contribution in [0.5, 0.6) is 0 Å². The van der Waals surface area contributed by atoms with Gasteiger partial charge in [-0.05, 0) is 19.4 Å². The van der Waals surface area contributed by atoms with Crippen LogP contribution >= 0.6 is 0 Å². The van der Waals surface area contributed by atoms with E-state index in [4.69, 9.17) is 9.52 Å². The van der Waals surface area contributed by atoms with E-state index in [-0.39, 0.29) is 6.03 Å². The number of furan rings is 1. The molecule has 1 rings (SSSR count). The Balaban J connectivity index is 2.33. The Hall–Kier alpha value is -1.98. The summed E-state index contributed by atoms with van der Waals surface area (Å²) < 4.78 is 5.16. The molecular formula is C13H20N2O4. The number of carbonyl (C=O) groups is 2. The Labute approximate surface area is 112 Å². The van der Waals surface area contributed by atoms with E-state index in [1.165, 1.54) is 4.90 Å². The summed E-state index contributed by atoms with van der Waals surface area (Å²) in [5.41, 5.74) is 0.955. The van der Waals surface area contributed by atoms with Gasteiger partial charge in [-0.1, -0.05) is 6.92 Å². The van der Waals surface area contributed by atoms with Gasteiger partial charge in [-0.15, -0.1) is 0 Å². The van der Waals surface area contributed by atoms with E-state index in [0.717, 1.165) is 11.3 Å². The fraction of sp³-hybridized carbons (Fsp3) is 0.538. The first-order chi connectivity index (χ1) is 8.91. The maximum Gasteiger partial charge on any atom is 0.317 e.